The minimum Gasteiger partial charge on any atom is -0.363 e. The van der Waals surface area contributed by atoms with Crippen molar-refractivity contribution < 1.29 is 0 Å². The second-order valence-electron chi connectivity index (χ2n) is 6.18. The summed E-state index contributed by atoms with van der Waals surface area (Å²) < 4.78 is 1.85. The molecule has 1 aliphatic rings. The van der Waals surface area contributed by atoms with Gasteiger partial charge in [0, 0.05) is 37.1 Å². The molecule has 0 radical (unpaired) electrons. The zero-order valence-corrected chi connectivity index (χ0v) is 13.1. The molecule has 1 aromatic heterocycles. The van der Waals surface area contributed by atoms with Crippen molar-refractivity contribution in [1.29, 1.82) is 0 Å². The van der Waals surface area contributed by atoms with E-state index >= 15 is 0 Å². The molecule has 0 bridgehead atoms. The quantitative estimate of drug-likeness (QED) is 0.942. The van der Waals surface area contributed by atoms with E-state index < -0.39 is 0 Å². The molecular formula is C17H24N4. The molecule has 0 aliphatic carbocycles. The average molecular weight is 284 g/mol. The molecule has 0 fully saturated rings. The SMILES string of the molecule is Cc1ccc2c(c1)CCCN2C(c1cnn(C)c1)C(C)N. The van der Waals surface area contributed by atoms with E-state index in [1.54, 1.807) is 0 Å². The van der Waals surface area contributed by atoms with Crippen molar-refractivity contribution in [2.75, 3.05) is 11.4 Å². The number of hydrogen-bond acceptors (Lipinski definition) is 3. The van der Waals surface area contributed by atoms with Crippen molar-refractivity contribution in [2.45, 2.75) is 38.8 Å². The molecule has 4 nitrogen and oxygen atoms in total. The number of nitrogens with two attached hydrogens (primary N) is 1. The number of nitrogens with zero attached hydrogens (tertiary/aromatic N) is 3. The number of aryl methyl sites for hydroxylation is 3. The summed E-state index contributed by atoms with van der Waals surface area (Å²) in [7, 11) is 1.95. The largest absolute Gasteiger partial charge is 0.363 e. The lowest BCUT2D eigenvalue weighted by Crippen LogP contribution is -2.42. The lowest BCUT2D eigenvalue weighted by atomic mass is 9.94. The number of benzene rings is 1. The molecule has 0 spiro atoms. The molecule has 1 aliphatic heterocycles. The maximum Gasteiger partial charge on any atom is 0.0721 e. The van der Waals surface area contributed by atoms with E-state index in [4.69, 9.17) is 5.73 Å². The van der Waals surface area contributed by atoms with Gasteiger partial charge in [0.05, 0.1) is 12.2 Å². The fourth-order valence-corrected chi connectivity index (χ4v) is 3.40. The maximum atomic E-state index is 6.32. The van der Waals surface area contributed by atoms with Gasteiger partial charge in [0.2, 0.25) is 0 Å². The zero-order chi connectivity index (χ0) is 15.0. The normalized spacial score (nSPS) is 17.4. The van der Waals surface area contributed by atoms with Gasteiger partial charge in [-0.15, -0.1) is 0 Å². The summed E-state index contributed by atoms with van der Waals surface area (Å²) in [5, 5.41) is 4.32. The third-order valence-electron chi connectivity index (χ3n) is 4.29. The summed E-state index contributed by atoms with van der Waals surface area (Å²) in [5.74, 6) is 0. The lowest BCUT2D eigenvalue weighted by Gasteiger charge is -2.39. The summed E-state index contributed by atoms with van der Waals surface area (Å²) in [6, 6.07) is 6.99. The Morgan fingerprint density at radius 3 is 2.81 bits per heavy atom. The second kappa shape index (κ2) is 5.53. The van der Waals surface area contributed by atoms with Crippen molar-refractivity contribution in [1.82, 2.24) is 9.78 Å². The monoisotopic (exact) mass is 284 g/mol. The van der Waals surface area contributed by atoms with E-state index in [9.17, 15) is 0 Å². The van der Waals surface area contributed by atoms with E-state index in [0.717, 1.165) is 13.0 Å². The molecule has 2 atom stereocenters. The van der Waals surface area contributed by atoms with Crippen LogP contribution in [0, 0.1) is 6.92 Å². The molecule has 0 saturated heterocycles. The fraction of sp³-hybridized carbons (Fsp3) is 0.471. The molecular weight excluding hydrogens is 260 g/mol. The molecule has 1 aromatic carbocycles. The lowest BCUT2D eigenvalue weighted by molar-refractivity contribution is 0.510. The van der Waals surface area contributed by atoms with Crippen LogP contribution in [0.3, 0.4) is 0 Å². The number of rotatable bonds is 3. The van der Waals surface area contributed by atoms with Crippen molar-refractivity contribution in [2.24, 2.45) is 12.8 Å². The molecule has 2 aromatic rings. The highest BCUT2D eigenvalue weighted by molar-refractivity contribution is 5.58. The molecule has 4 heteroatoms. The summed E-state index contributed by atoms with van der Waals surface area (Å²) in [6.07, 6.45) is 6.36. The van der Waals surface area contributed by atoms with Gasteiger partial charge < -0.3 is 10.6 Å². The predicted octanol–water partition coefficient (Wildman–Crippen LogP) is 2.57. The molecule has 112 valence electrons. The van der Waals surface area contributed by atoms with Crippen LogP contribution in [-0.2, 0) is 13.5 Å². The van der Waals surface area contributed by atoms with Crippen LogP contribution in [0.2, 0.25) is 0 Å². The molecule has 2 unspecified atom stereocenters. The molecule has 2 heterocycles. The number of hydrogen-bond donors (Lipinski definition) is 1. The highest BCUT2D eigenvalue weighted by Crippen LogP contribution is 2.35. The van der Waals surface area contributed by atoms with Crippen LogP contribution in [0.4, 0.5) is 5.69 Å². The van der Waals surface area contributed by atoms with Gasteiger partial charge in [0.25, 0.3) is 0 Å². The van der Waals surface area contributed by atoms with Crippen molar-refractivity contribution in [3.05, 3.63) is 47.3 Å². The van der Waals surface area contributed by atoms with E-state index in [1.807, 2.05) is 17.9 Å². The Morgan fingerprint density at radius 1 is 1.33 bits per heavy atom. The highest BCUT2D eigenvalue weighted by Gasteiger charge is 2.29. The van der Waals surface area contributed by atoms with E-state index in [1.165, 1.54) is 28.8 Å². The van der Waals surface area contributed by atoms with Crippen molar-refractivity contribution in [3.63, 3.8) is 0 Å². The Labute approximate surface area is 126 Å². The van der Waals surface area contributed by atoms with Crippen LogP contribution >= 0.6 is 0 Å². The maximum absolute atomic E-state index is 6.32. The Balaban J connectivity index is 2.02. The Kier molecular flexibility index (Phi) is 3.72. The van der Waals surface area contributed by atoms with Gasteiger partial charge in [-0.05, 0) is 38.3 Å². The van der Waals surface area contributed by atoms with Gasteiger partial charge in [-0.2, -0.15) is 5.10 Å². The molecule has 21 heavy (non-hydrogen) atoms. The first-order valence-electron chi connectivity index (χ1n) is 7.66. The minimum atomic E-state index is 0.0569. The summed E-state index contributed by atoms with van der Waals surface area (Å²) in [5.41, 5.74) is 11.6. The van der Waals surface area contributed by atoms with Crippen LogP contribution in [0.5, 0.6) is 0 Å². The topological polar surface area (TPSA) is 47.1 Å². The summed E-state index contributed by atoms with van der Waals surface area (Å²) in [4.78, 5) is 2.46. The van der Waals surface area contributed by atoms with E-state index in [0.29, 0.717) is 0 Å². The molecule has 2 N–H and O–H groups in total. The molecule has 0 saturated carbocycles. The van der Waals surface area contributed by atoms with Gasteiger partial charge in [-0.1, -0.05) is 17.7 Å². The summed E-state index contributed by atoms with van der Waals surface area (Å²) in [6.45, 7) is 5.29. The van der Waals surface area contributed by atoms with Gasteiger partial charge in [0.15, 0.2) is 0 Å². The Hall–Kier alpha value is -1.81. The number of anilines is 1. The highest BCUT2D eigenvalue weighted by atomic mass is 15.3. The van der Waals surface area contributed by atoms with Crippen LogP contribution in [-0.4, -0.2) is 22.4 Å². The first-order valence-corrected chi connectivity index (χ1v) is 7.66. The van der Waals surface area contributed by atoms with Gasteiger partial charge in [0.1, 0.15) is 0 Å². The Bertz CT molecular complexity index is 629. The third kappa shape index (κ3) is 2.68. The summed E-state index contributed by atoms with van der Waals surface area (Å²) >= 11 is 0. The number of fused-ring (bicyclic) bond motifs is 1. The zero-order valence-electron chi connectivity index (χ0n) is 13.1. The van der Waals surface area contributed by atoms with E-state index in [-0.39, 0.29) is 12.1 Å². The standard InChI is InChI=1S/C17H24N4/c1-12-6-7-16-14(9-12)5-4-8-21(16)17(13(2)18)15-10-19-20(3)11-15/h6-7,9-11,13,17H,4-5,8,18H2,1-3H3. The van der Waals surface area contributed by atoms with E-state index in [2.05, 4.69) is 48.2 Å². The van der Waals surface area contributed by atoms with Crippen LogP contribution < -0.4 is 10.6 Å². The molecule has 3 rings (SSSR count). The van der Waals surface area contributed by atoms with Crippen molar-refractivity contribution >= 4 is 5.69 Å². The first kappa shape index (κ1) is 14.1. The Morgan fingerprint density at radius 2 is 2.14 bits per heavy atom. The smallest absolute Gasteiger partial charge is 0.0721 e. The predicted molar refractivity (Wildman–Crippen MR) is 86.4 cm³/mol. The van der Waals surface area contributed by atoms with Gasteiger partial charge >= 0.3 is 0 Å². The second-order valence-corrected chi connectivity index (χ2v) is 6.18. The average Bonchev–Trinajstić information content (AvgIpc) is 2.84. The van der Waals surface area contributed by atoms with Crippen LogP contribution in [0.25, 0.3) is 0 Å². The fourth-order valence-electron chi connectivity index (χ4n) is 3.40. The van der Waals surface area contributed by atoms with Crippen LogP contribution in [0.15, 0.2) is 30.6 Å². The minimum absolute atomic E-state index is 0.0569. The molecule has 0 amide bonds. The van der Waals surface area contributed by atoms with Crippen molar-refractivity contribution in [3.8, 4) is 0 Å². The third-order valence-corrected chi connectivity index (χ3v) is 4.29. The van der Waals surface area contributed by atoms with Crippen LogP contribution in [0.1, 0.15) is 36.1 Å². The first-order chi connectivity index (χ1) is 10.1. The van der Waals surface area contributed by atoms with Gasteiger partial charge in [-0.3, -0.25) is 4.68 Å². The number of aromatic nitrogens is 2. The van der Waals surface area contributed by atoms with Gasteiger partial charge in [-0.25, -0.2) is 0 Å².